The van der Waals surface area contributed by atoms with E-state index in [1.54, 1.807) is 19.1 Å². The van der Waals surface area contributed by atoms with Gasteiger partial charge in [-0.25, -0.2) is 14.0 Å². The number of hydrogen-bond donors (Lipinski definition) is 2. The van der Waals surface area contributed by atoms with Crippen LogP contribution in [0.4, 0.5) is 9.18 Å². The molecule has 0 spiro atoms. The third-order valence-electron chi connectivity index (χ3n) is 4.93. The van der Waals surface area contributed by atoms with E-state index < -0.39 is 18.0 Å². The molecule has 1 aliphatic rings. The fraction of sp³-hybridized carbons (Fsp3) is 0.304. The molecule has 6 nitrogen and oxygen atoms in total. The number of hydrogen-bond acceptors (Lipinski definition) is 4. The summed E-state index contributed by atoms with van der Waals surface area (Å²) in [4.78, 5) is 27.3. The molecule has 3 rings (SSSR count). The van der Waals surface area contributed by atoms with Gasteiger partial charge in [-0.15, -0.1) is 0 Å². The monoisotopic (exact) mass is 411 g/mol. The fourth-order valence-electron chi connectivity index (χ4n) is 3.44. The van der Waals surface area contributed by atoms with Gasteiger partial charge in [-0.05, 0) is 36.7 Å². The molecule has 1 unspecified atom stereocenters. The van der Waals surface area contributed by atoms with Crippen molar-refractivity contribution < 1.29 is 18.7 Å². The number of urea groups is 1. The molecule has 2 N–H and O–H groups in total. The maximum absolute atomic E-state index is 13.4. The molecule has 1 aliphatic heterocycles. The highest BCUT2D eigenvalue weighted by Gasteiger charge is 2.34. The molecule has 7 heteroatoms. The molecule has 0 saturated carbocycles. The minimum Gasteiger partial charge on any atom is -0.463 e. The fourth-order valence-corrected chi connectivity index (χ4v) is 3.44. The number of nitrogens with one attached hydrogen (secondary N) is 2. The smallest absolute Gasteiger partial charge is 0.338 e. The number of amides is 2. The lowest BCUT2D eigenvalue weighted by Gasteiger charge is -2.32. The van der Waals surface area contributed by atoms with Gasteiger partial charge in [0.2, 0.25) is 0 Å². The van der Waals surface area contributed by atoms with Crippen molar-refractivity contribution in [1.29, 1.82) is 0 Å². The highest BCUT2D eigenvalue weighted by atomic mass is 19.1. The second-order valence-electron chi connectivity index (χ2n) is 6.98. The minimum atomic E-state index is -0.719. The number of carbonyl (C=O) groups excluding carboxylic acids is 2. The van der Waals surface area contributed by atoms with E-state index >= 15 is 0 Å². The zero-order valence-electron chi connectivity index (χ0n) is 17.2. The molecule has 1 heterocycles. The Kier molecular flexibility index (Phi) is 7.19. The number of rotatable bonds is 8. The van der Waals surface area contributed by atoms with Crippen LogP contribution in [0.3, 0.4) is 0 Å². The maximum Gasteiger partial charge on any atom is 0.338 e. The molecule has 2 aromatic carbocycles. The number of ether oxygens (including phenoxy) is 1. The number of carbonyl (C=O) groups is 2. The van der Waals surface area contributed by atoms with Gasteiger partial charge in [0.25, 0.3) is 0 Å². The van der Waals surface area contributed by atoms with Crippen molar-refractivity contribution in [2.45, 2.75) is 26.4 Å². The molecule has 30 heavy (non-hydrogen) atoms. The van der Waals surface area contributed by atoms with Crippen LogP contribution in [0.2, 0.25) is 0 Å². The number of esters is 1. The number of benzene rings is 2. The number of likely N-dealkylation sites (N-methyl/N-ethyl adjacent to an activating group) is 1. The summed E-state index contributed by atoms with van der Waals surface area (Å²) in [7, 11) is 0. The maximum atomic E-state index is 13.4. The molecule has 0 bridgehead atoms. The first-order valence-electron chi connectivity index (χ1n) is 10.0. The standard InChI is InChI=1S/C23H26FN3O3/c1-3-27(14-16-8-6-5-7-9-16)15-19-20(22(28)30-4-2)21(26-23(29)25-19)17-10-12-18(24)13-11-17/h5-13,21H,3-4,14-15H2,1-2H3,(H2,25,26,29). The second kappa shape index (κ2) is 10.0. The van der Waals surface area contributed by atoms with E-state index in [9.17, 15) is 14.0 Å². The predicted octanol–water partition coefficient (Wildman–Crippen LogP) is 3.52. The average Bonchev–Trinajstić information content (AvgIpc) is 2.74. The van der Waals surface area contributed by atoms with E-state index in [1.165, 1.54) is 12.1 Å². The summed E-state index contributed by atoms with van der Waals surface area (Å²) in [5, 5.41) is 5.54. The van der Waals surface area contributed by atoms with Crippen LogP contribution < -0.4 is 10.6 Å². The van der Waals surface area contributed by atoms with Crippen LogP contribution in [0.5, 0.6) is 0 Å². The lowest BCUT2D eigenvalue weighted by atomic mass is 9.95. The Balaban J connectivity index is 1.96. The van der Waals surface area contributed by atoms with Crippen molar-refractivity contribution in [3.8, 4) is 0 Å². The van der Waals surface area contributed by atoms with E-state index in [0.717, 1.165) is 12.1 Å². The largest absolute Gasteiger partial charge is 0.463 e. The molecule has 0 saturated heterocycles. The van der Waals surface area contributed by atoms with E-state index in [0.29, 0.717) is 29.9 Å². The van der Waals surface area contributed by atoms with E-state index in [2.05, 4.69) is 15.5 Å². The van der Waals surface area contributed by atoms with Crippen molar-refractivity contribution >= 4 is 12.0 Å². The number of nitrogens with zero attached hydrogens (tertiary/aromatic N) is 1. The van der Waals surface area contributed by atoms with Gasteiger partial charge in [0.15, 0.2) is 0 Å². The van der Waals surface area contributed by atoms with Crippen LogP contribution in [-0.4, -0.2) is 36.6 Å². The van der Waals surface area contributed by atoms with E-state index in [1.807, 2.05) is 37.3 Å². The molecule has 1 atom stereocenters. The Bertz CT molecular complexity index is 913. The van der Waals surface area contributed by atoms with Gasteiger partial charge >= 0.3 is 12.0 Å². The SMILES string of the molecule is CCOC(=O)C1=C(CN(CC)Cc2ccccc2)NC(=O)NC1c1ccc(F)cc1. The lowest BCUT2D eigenvalue weighted by Crippen LogP contribution is -2.48. The van der Waals surface area contributed by atoms with Gasteiger partial charge in [0.05, 0.1) is 18.2 Å². The van der Waals surface area contributed by atoms with Crippen molar-refractivity contribution in [2.75, 3.05) is 19.7 Å². The first kappa shape index (κ1) is 21.5. The molecule has 2 amide bonds. The molecule has 0 aromatic heterocycles. The Morgan fingerprint density at radius 2 is 1.77 bits per heavy atom. The minimum absolute atomic E-state index is 0.210. The average molecular weight is 411 g/mol. The van der Waals surface area contributed by atoms with Crippen LogP contribution in [0.25, 0.3) is 0 Å². The molecule has 0 radical (unpaired) electrons. The highest BCUT2D eigenvalue weighted by molar-refractivity contribution is 5.95. The van der Waals surface area contributed by atoms with Crippen molar-refractivity contribution in [3.63, 3.8) is 0 Å². The van der Waals surface area contributed by atoms with Crippen molar-refractivity contribution in [1.82, 2.24) is 15.5 Å². The van der Waals surface area contributed by atoms with Crippen LogP contribution in [0.1, 0.15) is 31.0 Å². The predicted molar refractivity (Wildman–Crippen MR) is 112 cm³/mol. The lowest BCUT2D eigenvalue weighted by molar-refractivity contribution is -0.139. The van der Waals surface area contributed by atoms with Crippen LogP contribution >= 0.6 is 0 Å². The highest BCUT2D eigenvalue weighted by Crippen LogP contribution is 2.28. The Labute approximate surface area is 175 Å². The van der Waals surface area contributed by atoms with Crippen LogP contribution in [-0.2, 0) is 16.1 Å². The quantitative estimate of drug-likeness (QED) is 0.652. The van der Waals surface area contributed by atoms with Crippen molar-refractivity contribution in [2.24, 2.45) is 0 Å². The summed E-state index contributed by atoms with van der Waals surface area (Å²) in [5.41, 5.74) is 2.56. The Morgan fingerprint density at radius 3 is 2.40 bits per heavy atom. The molecule has 0 fully saturated rings. The van der Waals surface area contributed by atoms with Gasteiger partial charge < -0.3 is 15.4 Å². The van der Waals surface area contributed by atoms with Crippen LogP contribution in [0, 0.1) is 5.82 Å². The molecular weight excluding hydrogens is 385 g/mol. The summed E-state index contributed by atoms with van der Waals surface area (Å²) >= 11 is 0. The molecule has 0 aliphatic carbocycles. The van der Waals surface area contributed by atoms with Gasteiger partial charge in [-0.2, -0.15) is 0 Å². The molecule has 2 aromatic rings. The first-order chi connectivity index (χ1) is 14.5. The zero-order chi connectivity index (χ0) is 21.5. The topological polar surface area (TPSA) is 70.7 Å². The Hall–Kier alpha value is -3.19. The summed E-state index contributed by atoms with van der Waals surface area (Å²) < 4.78 is 18.7. The Morgan fingerprint density at radius 1 is 1.07 bits per heavy atom. The zero-order valence-corrected chi connectivity index (χ0v) is 17.2. The summed E-state index contributed by atoms with van der Waals surface area (Å²) in [6.07, 6.45) is 0. The third kappa shape index (κ3) is 5.24. The van der Waals surface area contributed by atoms with Crippen LogP contribution in [0.15, 0.2) is 65.9 Å². The van der Waals surface area contributed by atoms with Gasteiger partial charge in [-0.3, -0.25) is 4.90 Å². The van der Waals surface area contributed by atoms with Gasteiger partial charge in [0.1, 0.15) is 5.82 Å². The summed E-state index contributed by atoms with van der Waals surface area (Å²) in [5.74, 6) is -0.897. The van der Waals surface area contributed by atoms with E-state index in [4.69, 9.17) is 4.74 Å². The van der Waals surface area contributed by atoms with E-state index in [-0.39, 0.29) is 12.4 Å². The van der Waals surface area contributed by atoms with Gasteiger partial charge in [0, 0.05) is 18.8 Å². The third-order valence-corrected chi connectivity index (χ3v) is 4.93. The van der Waals surface area contributed by atoms with Crippen molar-refractivity contribution in [3.05, 3.63) is 82.8 Å². The normalized spacial score (nSPS) is 16.3. The number of halogens is 1. The molecule has 158 valence electrons. The molecular formula is C23H26FN3O3. The second-order valence-corrected chi connectivity index (χ2v) is 6.98. The summed E-state index contributed by atoms with van der Waals surface area (Å²) in [6.45, 7) is 5.72. The summed E-state index contributed by atoms with van der Waals surface area (Å²) in [6, 6.07) is 14.6. The first-order valence-corrected chi connectivity index (χ1v) is 10.0. The van der Waals surface area contributed by atoms with Gasteiger partial charge in [-0.1, -0.05) is 49.4 Å².